The van der Waals surface area contributed by atoms with Crippen LogP contribution >= 0.6 is 0 Å². The summed E-state index contributed by atoms with van der Waals surface area (Å²) in [6.45, 7) is 5.22. The van der Waals surface area contributed by atoms with Crippen molar-refractivity contribution in [3.05, 3.63) is 56.7 Å². The van der Waals surface area contributed by atoms with Gasteiger partial charge >= 0.3 is 5.69 Å². The molecule has 3 rings (SSSR count). The largest absolute Gasteiger partial charge is 0.383 e. The number of benzene rings is 1. The minimum atomic E-state index is -0.686. The van der Waals surface area contributed by atoms with Gasteiger partial charge in [0.2, 0.25) is 11.8 Å². The third-order valence-corrected chi connectivity index (χ3v) is 5.97. The van der Waals surface area contributed by atoms with E-state index in [1.54, 1.807) is 25.9 Å². The highest BCUT2D eigenvalue weighted by atomic mass is 16.2. The van der Waals surface area contributed by atoms with Gasteiger partial charge < -0.3 is 15.5 Å². The average molecular weight is 472 g/mol. The number of nitrogen functional groups attached to an aromatic ring is 1. The maximum Gasteiger partial charge on any atom is 0.330 e. The van der Waals surface area contributed by atoms with Gasteiger partial charge in [-0.3, -0.25) is 33.7 Å². The summed E-state index contributed by atoms with van der Waals surface area (Å²) >= 11 is 0. The van der Waals surface area contributed by atoms with Gasteiger partial charge in [0, 0.05) is 46.8 Å². The van der Waals surface area contributed by atoms with E-state index in [1.807, 2.05) is 35.2 Å². The smallest absolute Gasteiger partial charge is 0.330 e. The Morgan fingerprint density at radius 1 is 0.971 bits per heavy atom. The van der Waals surface area contributed by atoms with Crippen molar-refractivity contribution < 1.29 is 9.59 Å². The van der Waals surface area contributed by atoms with Gasteiger partial charge in [0.25, 0.3) is 5.56 Å². The van der Waals surface area contributed by atoms with E-state index in [4.69, 9.17) is 5.73 Å². The number of anilines is 2. The highest BCUT2D eigenvalue weighted by Gasteiger charge is 2.26. The summed E-state index contributed by atoms with van der Waals surface area (Å²) < 4.78 is 1.27. The Hall–Kier alpha value is -3.44. The number of H-pyrrole nitrogens is 1. The zero-order valence-electron chi connectivity index (χ0n) is 20.0. The molecule has 1 aliphatic heterocycles. The van der Waals surface area contributed by atoms with E-state index in [0.717, 1.165) is 5.56 Å². The number of carbonyl (C=O) groups excluding carboxylic acids is 2. The lowest BCUT2D eigenvalue weighted by atomic mass is 10.2. The lowest BCUT2D eigenvalue weighted by molar-refractivity contribution is -0.130. The van der Waals surface area contributed by atoms with Gasteiger partial charge in [-0.1, -0.05) is 30.3 Å². The number of nitrogens with zero attached hydrogens (tertiary/aromatic N) is 5. The van der Waals surface area contributed by atoms with Crippen LogP contribution < -0.4 is 21.9 Å². The van der Waals surface area contributed by atoms with Crippen molar-refractivity contribution in [2.45, 2.75) is 13.5 Å². The molecule has 34 heavy (non-hydrogen) atoms. The molecule has 1 aromatic heterocycles. The van der Waals surface area contributed by atoms with E-state index < -0.39 is 11.2 Å². The van der Waals surface area contributed by atoms with Crippen molar-refractivity contribution in [2.24, 2.45) is 0 Å². The van der Waals surface area contributed by atoms with Crippen LogP contribution in [0.3, 0.4) is 0 Å². The number of rotatable bonds is 8. The molecule has 0 unspecified atom stereocenters. The first-order valence-electron chi connectivity index (χ1n) is 11.3. The molecule has 0 saturated carbocycles. The number of aromatic nitrogens is 2. The van der Waals surface area contributed by atoms with Gasteiger partial charge in [0.1, 0.15) is 5.82 Å². The summed E-state index contributed by atoms with van der Waals surface area (Å²) in [4.78, 5) is 59.4. The van der Waals surface area contributed by atoms with Crippen LogP contribution in [0.4, 0.5) is 11.5 Å². The average Bonchev–Trinajstić information content (AvgIpc) is 2.81. The SMILES string of the molecule is CCN(C(=O)CN1CCN(CC(=O)N(C)C)CC1)c1c(N)n(Cc2ccccc2)c(=O)[nH]c1=O. The van der Waals surface area contributed by atoms with Crippen LogP contribution in [0.1, 0.15) is 12.5 Å². The molecule has 1 saturated heterocycles. The van der Waals surface area contributed by atoms with E-state index in [0.29, 0.717) is 32.7 Å². The van der Waals surface area contributed by atoms with Crippen molar-refractivity contribution in [3.63, 3.8) is 0 Å². The maximum absolute atomic E-state index is 13.2. The normalized spacial score (nSPS) is 14.7. The predicted octanol–water partition coefficient (Wildman–Crippen LogP) is -0.774. The maximum atomic E-state index is 13.2. The Kier molecular flexibility index (Phi) is 8.24. The highest BCUT2D eigenvalue weighted by Crippen LogP contribution is 2.18. The molecule has 11 nitrogen and oxygen atoms in total. The number of hydrogen-bond donors (Lipinski definition) is 2. The molecule has 3 N–H and O–H groups in total. The van der Waals surface area contributed by atoms with Crippen LogP contribution in [-0.4, -0.2) is 96.0 Å². The Labute approximate surface area is 198 Å². The van der Waals surface area contributed by atoms with Crippen LogP contribution in [-0.2, 0) is 16.1 Å². The number of likely N-dealkylation sites (N-methyl/N-ethyl adjacent to an activating group) is 2. The van der Waals surface area contributed by atoms with Gasteiger partial charge in [0.05, 0.1) is 19.6 Å². The highest BCUT2D eigenvalue weighted by molar-refractivity contribution is 5.96. The Bertz CT molecular complexity index is 1120. The van der Waals surface area contributed by atoms with E-state index >= 15 is 0 Å². The molecule has 0 aliphatic carbocycles. The molecule has 2 aromatic rings. The lowest BCUT2D eigenvalue weighted by Gasteiger charge is -2.35. The first kappa shape index (κ1) is 25.2. The number of amides is 2. The molecule has 1 fully saturated rings. The molecular formula is C23H33N7O4. The van der Waals surface area contributed by atoms with Crippen molar-refractivity contribution in [1.82, 2.24) is 24.3 Å². The van der Waals surface area contributed by atoms with E-state index in [1.165, 1.54) is 9.47 Å². The minimum absolute atomic E-state index is 0.0155. The molecule has 0 spiro atoms. The van der Waals surface area contributed by atoms with Crippen molar-refractivity contribution in [2.75, 3.05) is 70.5 Å². The second-order valence-electron chi connectivity index (χ2n) is 8.54. The van der Waals surface area contributed by atoms with E-state index in [2.05, 4.69) is 9.88 Å². The fourth-order valence-corrected chi connectivity index (χ4v) is 3.94. The lowest BCUT2D eigenvalue weighted by Crippen LogP contribution is -2.52. The molecule has 2 amide bonds. The van der Waals surface area contributed by atoms with Crippen LogP contribution in [0.25, 0.3) is 0 Å². The molecular weight excluding hydrogens is 438 g/mol. The Morgan fingerprint density at radius 2 is 1.53 bits per heavy atom. The molecule has 0 atom stereocenters. The number of piperazine rings is 1. The molecule has 0 bridgehead atoms. The Morgan fingerprint density at radius 3 is 2.06 bits per heavy atom. The summed E-state index contributed by atoms with van der Waals surface area (Å²) in [5.74, 6) is -0.274. The number of aromatic amines is 1. The molecule has 11 heteroatoms. The number of nitrogens with two attached hydrogens (primary N) is 1. The van der Waals surface area contributed by atoms with E-state index in [9.17, 15) is 19.2 Å². The standard InChI is InChI=1S/C23H33N7O4/c1-4-29(19(32)16-28-12-10-27(11-13-28)15-18(31)26(2)3)20-21(24)30(23(34)25-22(20)33)14-17-8-6-5-7-9-17/h5-9H,4,10-16,24H2,1-3H3,(H,25,33,34). The molecule has 0 radical (unpaired) electrons. The first-order valence-corrected chi connectivity index (χ1v) is 11.3. The molecule has 1 aromatic carbocycles. The molecule has 1 aliphatic rings. The monoisotopic (exact) mass is 471 g/mol. The number of hydrogen-bond acceptors (Lipinski definition) is 7. The second kappa shape index (κ2) is 11.1. The van der Waals surface area contributed by atoms with Gasteiger partial charge in [0.15, 0.2) is 5.69 Å². The summed E-state index contributed by atoms with van der Waals surface area (Å²) in [5, 5.41) is 0. The number of nitrogens with one attached hydrogen (secondary N) is 1. The van der Waals surface area contributed by atoms with Crippen LogP contribution in [0.2, 0.25) is 0 Å². The molecule has 184 valence electrons. The molecule has 2 heterocycles. The zero-order chi connectivity index (χ0) is 24.8. The Balaban J connectivity index is 1.73. The fourth-order valence-electron chi connectivity index (χ4n) is 3.94. The van der Waals surface area contributed by atoms with Crippen molar-refractivity contribution in [3.8, 4) is 0 Å². The van der Waals surface area contributed by atoms with Gasteiger partial charge in [-0.25, -0.2) is 4.79 Å². The third-order valence-electron chi connectivity index (χ3n) is 5.97. The van der Waals surface area contributed by atoms with Crippen LogP contribution in [0.15, 0.2) is 39.9 Å². The van der Waals surface area contributed by atoms with Crippen molar-refractivity contribution >= 4 is 23.3 Å². The first-order chi connectivity index (χ1) is 16.2. The van der Waals surface area contributed by atoms with Gasteiger partial charge in [-0.2, -0.15) is 0 Å². The van der Waals surface area contributed by atoms with Crippen LogP contribution in [0.5, 0.6) is 0 Å². The van der Waals surface area contributed by atoms with E-state index in [-0.39, 0.29) is 43.0 Å². The minimum Gasteiger partial charge on any atom is -0.383 e. The summed E-state index contributed by atoms with van der Waals surface area (Å²) in [7, 11) is 3.46. The van der Waals surface area contributed by atoms with Gasteiger partial charge in [-0.15, -0.1) is 0 Å². The summed E-state index contributed by atoms with van der Waals surface area (Å²) in [6, 6.07) is 9.27. The topological polar surface area (TPSA) is 128 Å². The predicted molar refractivity (Wildman–Crippen MR) is 131 cm³/mol. The number of carbonyl (C=O) groups is 2. The second-order valence-corrected chi connectivity index (χ2v) is 8.54. The summed E-state index contributed by atoms with van der Waals surface area (Å²) in [6.07, 6.45) is 0. The third kappa shape index (κ3) is 5.91. The van der Waals surface area contributed by atoms with Crippen molar-refractivity contribution in [1.29, 1.82) is 0 Å². The zero-order valence-corrected chi connectivity index (χ0v) is 20.0. The quantitative estimate of drug-likeness (QED) is 0.517. The summed E-state index contributed by atoms with van der Waals surface area (Å²) in [5.41, 5.74) is 5.78. The fraction of sp³-hybridized carbons (Fsp3) is 0.478. The van der Waals surface area contributed by atoms with Gasteiger partial charge in [-0.05, 0) is 12.5 Å². The van der Waals surface area contributed by atoms with Crippen LogP contribution in [0, 0.1) is 0 Å².